The Morgan fingerprint density at radius 3 is 2.60 bits per heavy atom. The zero-order valence-corrected chi connectivity index (χ0v) is 15.8. The number of carbonyl (C=O) groups is 2. The van der Waals surface area contributed by atoms with Gasteiger partial charge in [0.15, 0.2) is 5.65 Å². The van der Waals surface area contributed by atoms with Gasteiger partial charge >= 0.3 is 0 Å². The van der Waals surface area contributed by atoms with Crippen LogP contribution in [0.5, 0.6) is 0 Å². The van der Waals surface area contributed by atoms with E-state index in [0.29, 0.717) is 16.6 Å². The number of rotatable bonds is 5. The van der Waals surface area contributed by atoms with Crippen LogP contribution in [0, 0.1) is 6.92 Å². The minimum absolute atomic E-state index is 0.0710. The van der Waals surface area contributed by atoms with E-state index in [1.165, 1.54) is 0 Å². The van der Waals surface area contributed by atoms with Crippen LogP contribution < -0.4 is 10.6 Å². The van der Waals surface area contributed by atoms with Crippen molar-refractivity contribution in [2.24, 2.45) is 0 Å². The fraction of sp³-hybridized carbons (Fsp3) is 0.556. The Hall–Kier alpha value is -2.44. The molecule has 2 rings (SSSR count). The van der Waals surface area contributed by atoms with Crippen LogP contribution in [0.15, 0.2) is 12.3 Å². The molecule has 2 aromatic heterocycles. The molecule has 2 heterocycles. The molecule has 0 radical (unpaired) electrons. The lowest BCUT2D eigenvalue weighted by molar-refractivity contribution is -0.121. The molecule has 7 nitrogen and oxygen atoms in total. The second-order valence-corrected chi connectivity index (χ2v) is 7.38. The third kappa shape index (κ3) is 4.55. The van der Waals surface area contributed by atoms with Gasteiger partial charge in [0.2, 0.25) is 5.91 Å². The van der Waals surface area contributed by atoms with Crippen molar-refractivity contribution in [3.8, 4) is 0 Å². The highest BCUT2D eigenvalue weighted by atomic mass is 16.2. The second kappa shape index (κ2) is 7.21. The topological polar surface area (TPSA) is 88.9 Å². The lowest BCUT2D eigenvalue weighted by Crippen LogP contribution is -2.45. The number of amides is 2. The first kappa shape index (κ1) is 18.9. The van der Waals surface area contributed by atoms with Crippen LogP contribution in [-0.2, 0) is 4.79 Å². The summed E-state index contributed by atoms with van der Waals surface area (Å²) >= 11 is 0. The number of hydrogen-bond donors (Lipinski definition) is 2. The minimum Gasteiger partial charge on any atom is -0.350 e. The molecule has 2 amide bonds. The zero-order valence-electron chi connectivity index (χ0n) is 15.8. The maximum absolute atomic E-state index is 12.6. The molecule has 0 fully saturated rings. The highest BCUT2D eigenvalue weighted by Gasteiger charge is 2.19. The molecule has 0 spiro atoms. The molecule has 2 aromatic rings. The summed E-state index contributed by atoms with van der Waals surface area (Å²) in [5.74, 6) is -0.526. The van der Waals surface area contributed by atoms with Crippen LogP contribution in [0.3, 0.4) is 0 Å². The Balaban J connectivity index is 2.24. The largest absolute Gasteiger partial charge is 0.350 e. The number of nitrogens with one attached hydrogen (secondary N) is 2. The van der Waals surface area contributed by atoms with E-state index in [2.05, 4.69) is 34.6 Å². The fourth-order valence-electron chi connectivity index (χ4n) is 2.54. The van der Waals surface area contributed by atoms with Gasteiger partial charge in [-0.1, -0.05) is 6.92 Å². The number of aryl methyl sites for hydroxylation is 1. The molecule has 0 aliphatic carbocycles. The van der Waals surface area contributed by atoms with Gasteiger partial charge in [-0.3, -0.25) is 9.59 Å². The molecule has 25 heavy (non-hydrogen) atoms. The summed E-state index contributed by atoms with van der Waals surface area (Å²) in [4.78, 5) is 29.0. The van der Waals surface area contributed by atoms with Crippen molar-refractivity contribution in [3.63, 3.8) is 0 Å². The summed E-state index contributed by atoms with van der Waals surface area (Å²) in [6, 6.07) is 1.92. The predicted octanol–water partition coefficient (Wildman–Crippen LogP) is 2.36. The Labute approximate surface area is 148 Å². The minimum atomic E-state index is -0.334. The first-order valence-corrected chi connectivity index (χ1v) is 8.56. The summed E-state index contributed by atoms with van der Waals surface area (Å²) in [5, 5.41) is 10.6. The number of hydrogen-bond acceptors (Lipinski definition) is 4. The van der Waals surface area contributed by atoms with E-state index in [4.69, 9.17) is 0 Å². The molecule has 136 valence electrons. The van der Waals surface area contributed by atoms with Gasteiger partial charge in [0.1, 0.15) is 0 Å². The van der Waals surface area contributed by atoms with Crippen molar-refractivity contribution in [2.75, 3.05) is 6.54 Å². The quantitative estimate of drug-likeness (QED) is 0.870. The van der Waals surface area contributed by atoms with Gasteiger partial charge in [0, 0.05) is 11.2 Å². The van der Waals surface area contributed by atoms with Gasteiger partial charge in [-0.2, -0.15) is 5.10 Å². The van der Waals surface area contributed by atoms with Crippen molar-refractivity contribution < 1.29 is 9.59 Å². The Kier molecular flexibility index (Phi) is 5.45. The number of pyridine rings is 1. The van der Waals surface area contributed by atoms with Gasteiger partial charge in [0.25, 0.3) is 5.91 Å². The zero-order chi connectivity index (χ0) is 18.8. The van der Waals surface area contributed by atoms with E-state index in [1.54, 1.807) is 12.3 Å². The molecule has 0 aliphatic heterocycles. The first-order chi connectivity index (χ1) is 11.6. The molecular weight excluding hydrogens is 318 g/mol. The molecule has 0 aliphatic rings. The van der Waals surface area contributed by atoms with Crippen molar-refractivity contribution >= 4 is 22.8 Å². The van der Waals surface area contributed by atoms with Gasteiger partial charge in [-0.15, -0.1) is 0 Å². The van der Waals surface area contributed by atoms with Crippen molar-refractivity contribution in [3.05, 3.63) is 23.5 Å². The van der Waals surface area contributed by atoms with Crippen LogP contribution >= 0.6 is 0 Å². The van der Waals surface area contributed by atoms with Gasteiger partial charge in [0.05, 0.1) is 29.7 Å². The molecule has 0 unspecified atom stereocenters. The highest BCUT2D eigenvalue weighted by Crippen LogP contribution is 2.22. The van der Waals surface area contributed by atoms with Crippen LogP contribution in [0.4, 0.5) is 0 Å². The highest BCUT2D eigenvalue weighted by molar-refractivity contribution is 6.06. The molecule has 0 saturated heterocycles. The third-order valence-electron chi connectivity index (χ3n) is 3.87. The van der Waals surface area contributed by atoms with Crippen LogP contribution in [0.2, 0.25) is 0 Å². The van der Waals surface area contributed by atoms with E-state index >= 15 is 0 Å². The van der Waals surface area contributed by atoms with E-state index in [9.17, 15) is 9.59 Å². The first-order valence-electron chi connectivity index (χ1n) is 8.56. The fourth-order valence-corrected chi connectivity index (χ4v) is 2.54. The van der Waals surface area contributed by atoms with Gasteiger partial charge < -0.3 is 10.6 Å². The van der Waals surface area contributed by atoms with Crippen LogP contribution in [0.25, 0.3) is 11.0 Å². The maximum atomic E-state index is 12.6. The Bertz CT molecular complexity index is 789. The van der Waals surface area contributed by atoms with Crippen LogP contribution in [0.1, 0.15) is 63.1 Å². The van der Waals surface area contributed by atoms with E-state index in [1.807, 2.05) is 32.4 Å². The lowest BCUT2D eigenvalue weighted by atomic mass is 10.1. The van der Waals surface area contributed by atoms with Crippen molar-refractivity contribution in [1.29, 1.82) is 0 Å². The summed E-state index contributed by atoms with van der Waals surface area (Å²) in [6.45, 7) is 11.6. The SMILES string of the molecule is CC[C@H](C)n1ncc2c(C(=O)NCC(=O)NC(C)(C)C)cc(C)nc21. The summed E-state index contributed by atoms with van der Waals surface area (Å²) in [5.41, 5.74) is 1.58. The van der Waals surface area contributed by atoms with Crippen LogP contribution in [-0.4, -0.2) is 38.7 Å². The van der Waals surface area contributed by atoms with Crippen molar-refractivity contribution in [1.82, 2.24) is 25.4 Å². The average Bonchev–Trinajstić information content (AvgIpc) is 2.93. The molecule has 0 saturated carbocycles. The number of fused-ring (bicyclic) bond motifs is 1. The average molecular weight is 345 g/mol. The number of aromatic nitrogens is 3. The summed E-state index contributed by atoms with van der Waals surface area (Å²) in [7, 11) is 0. The second-order valence-electron chi connectivity index (χ2n) is 7.38. The standard InChI is InChI=1S/C18H27N5O2/c1-7-12(3)23-16-14(9-20-23)13(8-11(2)21-16)17(25)19-10-15(24)22-18(4,5)6/h8-9,12H,7,10H2,1-6H3,(H,19,25)(H,22,24)/t12-/m0/s1. The normalized spacial score (nSPS) is 12.9. The van der Waals surface area contributed by atoms with E-state index < -0.39 is 0 Å². The summed E-state index contributed by atoms with van der Waals surface area (Å²) in [6.07, 6.45) is 2.58. The Morgan fingerprint density at radius 2 is 2.00 bits per heavy atom. The Morgan fingerprint density at radius 1 is 1.32 bits per heavy atom. The number of carbonyl (C=O) groups excluding carboxylic acids is 2. The molecular formula is C18H27N5O2. The lowest BCUT2D eigenvalue weighted by Gasteiger charge is -2.20. The number of nitrogens with zero attached hydrogens (tertiary/aromatic N) is 3. The van der Waals surface area contributed by atoms with Gasteiger partial charge in [-0.25, -0.2) is 9.67 Å². The molecule has 2 N–H and O–H groups in total. The molecule has 7 heteroatoms. The van der Waals surface area contributed by atoms with Crippen molar-refractivity contribution in [2.45, 2.75) is 59.5 Å². The predicted molar refractivity (Wildman–Crippen MR) is 97.5 cm³/mol. The molecule has 0 aromatic carbocycles. The van der Waals surface area contributed by atoms with Gasteiger partial charge in [-0.05, 0) is 47.1 Å². The van der Waals surface area contributed by atoms with E-state index in [0.717, 1.165) is 12.1 Å². The summed E-state index contributed by atoms with van der Waals surface area (Å²) < 4.78 is 1.84. The smallest absolute Gasteiger partial charge is 0.252 e. The maximum Gasteiger partial charge on any atom is 0.252 e. The third-order valence-corrected chi connectivity index (χ3v) is 3.87. The molecule has 0 bridgehead atoms. The monoisotopic (exact) mass is 345 g/mol. The molecule has 1 atom stereocenters. The van der Waals surface area contributed by atoms with E-state index in [-0.39, 0.29) is 29.9 Å².